The Morgan fingerprint density at radius 2 is 1.94 bits per heavy atom. The highest BCUT2D eigenvalue weighted by molar-refractivity contribution is 5.89. The first-order chi connectivity index (χ1) is 7.51. The van der Waals surface area contributed by atoms with Crippen LogP contribution in [0.3, 0.4) is 0 Å². The van der Waals surface area contributed by atoms with E-state index in [-0.39, 0.29) is 17.1 Å². The zero-order valence-corrected chi connectivity index (χ0v) is 10.4. The standard InChI is InChI=1S/C12H19N3O/c1-5-6-12(2,3)9-7-14-10(15-8-9)11(16)13-4/h7-8H,5-6H2,1-4H3,(H,13,16). The average Bonchev–Trinajstić information content (AvgIpc) is 2.28. The number of nitrogens with one attached hydrogen (secondary N) is 1. The van der Waals surface area contributed by atoms with E-state index in [9.17, 15) is 4.79 Å². The molecule has 0 radical (unpaired) electrons. The quantitative estimate of drug-likeness (QED) is 0.845. The highest BCUT2D eigenvalue weighted by Crippen LogP contribution is 2.26. The fourth-order valence-corrected chi connectivity index (χ4v) is 1.68. The normalized spacial score (nSPS) is 11.2. The second kappa shape index (κ2) is 5.05. The van der Waals surface area contributed by atoms with Crippen molar-refractivity contribution < 1.29 is 4.79 Å². The Morgan fingerprint density at radius 3 is 2.38 bits per heavy atom. The summed E-state index contributed by atoms with van der Waals surface area (Å²) in [6, 6.07) is 0. The Bertz CT molecular complexity index is 357. The van der Waals surface area contributed by atoms with E-state index in [4.69, 9.17) is 0 Å². The third kappa shape index (κ3) is 2.78. The minimum absolute atomic E-state index is 0.0654. The van der Waals surface area contributed by atoms with Crippen molar-refractivity contribution in [3.8, 4) is 0 Å². The van der Waals surface area contributed by atoms with Crippen molar-refractivity contribution in [2.45, 2.75) is 39.0 Å². The van der Waals surface area contributed by atoms with Crippen LogP contribution in [0.5, 0.6) is 0 Å². The molecule has 0 saturated carbocycles. The minimum Gasteiger partial charge on any atom is -0.352 e. The van der Waals surface area contributed by atoms with Gasteiger partial charge in [0, 0.05) is 19.4 Å². The van der Waals surface area contributed by atoms with Crippen LogP contribution in [0.25, 0.3) is 0 Å². The average molecular weight is 221 g/mol. The summed E-state index contributed by atoms with van der Waals surface area (Å²) in [6.07, 6.45) is 5.68. The lowest BCUT2D eigenvalue weighted by Crippen LogP contribution is -2.22. The number of aromatic nitrogens is 2. The largest absolute Gasteiger partial charge is 0.352 e. The predicted octanol–water partition coefficient (Wildman–Crippen LogP) is 1.91. The van der Waals surface area contributed by atoms with E-state index in [1.165, 1.54) is 0 Å². The Morgan fingerprint density at radius 1 is 1.38 bits per heavy atom. The number of rotatable bonds is 4. The van der Waals surface area contributed by atoms with Crippen molar-refractivity contribution in [1.82, 2.24) is 15.3 Å². The van der Waals surface area contributed by atoms with Crippen molar-refractivity contribution in [1.29, 1.82) is 0 Å². The number of nitrogens with zero attached hydrogens (tertiary/aromatic N) is 2. The molecule has 1 aromatic rings. The molecule has 0 atom stereocenters. The molecule has 0 saturated heterocycles. The lowest BCUT2D eigenvalue weighted by molar-refractivity contribution is 0.0952. The number of hydrogen-bond donors (Lipinski definition) is 1. The van der Waals surface area contributed by atoms with Crippen molar-refractivity contribution in [3.63, 3.8) is 0 Å². The van der Waals surface area contributed by atoms with E-state index in [2.05, 4.69) is 36.1 Å². The van der Waals surface area contributed by atoms with Gasteiger partial charge in [-0.15, -0.1) is 0 Å². The third-order valence-electron chi connectivity index (χ3n) is 2.74. The summed E-state index contributed by atoms with van der Waals surface area (Å²) in [5.41, 5.74) is 1.14. The SMILES string of the molecule is CCCC(C)(C)c1cnc(C(=O)NC)nc1. The smallest absolute Gasteiger partial charge is 0.288 e. The molecule has 16 heavy (non-hydrogen) atoms. The third-order valence-corrected chi connectivity index (χ3v) is 2.74. The van der Waals surface area contributed by atoms with E-state index in [1.807, 2.05) is 0 Å². The first kappa shape index (κ1) is 12.6. The van der Waals surface area contributed by atoms with E-state index in [0.29, 0.717) is 0 Å². The monoisotopic (exact) mass is 221 g/mol. The predicted molar refractivity (Wildman–Crippen MR) is 63.4 cm³/mol. The maximum atomic E-state index is 11.3. The molecule has 0 unspecified atom stereocenters. The zero-order chi connectivity index (χ0) is 12.2. The molecular weight excluding hydrogens is 202 g/mol. The van der Waals surface area contributed by atoms with Crippen molar-refractivity contribution in [2.24, 2.45) is 0 Å². The molecule has 0 aliphatic rings. The lowest BCUT2D eigenvalue weighted by atomic mass is 9.82. The molecule has 4 heteroatoms. The number of amides is 1. The van der Waals surface area contributed by atoms with Crippen LogP contribution in [0.2, 0.25) is 0 Å². The maximum Gasteiger partial charge on any atom is 0.288 e. The Labute approximate surface area is 96.5 Å². The number of carbonyl (C=O) groups is 1. The molecule has 0 aromatic carbocycles. The van der Waals surface area contributed by atoms with Gasteiger partial charge in [0.2, 0.25) is 5.82 Å². The summed E-state index contributed by atoms with van der Waals surface area (Å²) in [6.45, 7) is 6.48. The van der Waals surface area contributed by atoms with Crippen LogP contribution in [-0.4, -0.2) is 22.9 Å². The van der Waals surface area contributed by atoms with Gasteiger partial charge >= 0.3 is 0 Å². The Hall–Kier alpha value is -1.45. The van der Waals surface area contributed by atoms with E-state index in [1.54, 1.807) is 19.4 Å². The molecule has 4 nitrogen and oxygen atoms in total. The van der Waals surface area contributed by atoms with Crippen LogP contribution in [-0.2, 0) is 5.41 Å². The van der Waals surface area contributed by atoms with Gasteiger partial charge < -0.3 is 5.32 Å². The summed E-state index contributed by atoms with van der Waals surface area (Å²) in [5.74, 6) is -0.0293. The highest BCUT2D eigenvalue weighted by Gasteiger charge is 2.20. The second-order valence-corrected chi connectivity index (χ2v) is 4.51. The first-order valence-corrected chi connectivity index (χ1v) is 5.56. The van der Waals surface area contributed by atoms with Crippen LogP contribution in [0, 0.1) is 0 Å². The van der Waals surface area contributed by atoms with Gasteiger partial charge in [0.05, 0.1) is 0 Å². The molecule has 1 heterocycles. The van der Waals surface area contributed by atoms with Crippen LogP contribution >= 0.6 is 0 Å². The molecule has 0 bridgehead atoms. The molecule has 0 aliphatic carbocycles. The molecule has 0 spiro atoms. The Balaban J connectivity index is 2.90. The van der Waals surface area contributed by atoms with Crippen LogP contribution < -0.4 is 5.32 Å². The van der Waals surface area contributed by atoms with Crippen molar-refractivity contribution in [3.05, 3.63) is 23.8 Å². The highest BCUT2D eigenvalue weighted by atomic mass is 16.2. The van der Waals surface area contributed by atoms with Gasteiger partial charge in [0.25, 0.3) is 5.91 Å². The summed E-state index contributed by atoms with van der Waals surface area (Å²) in [7, 11) is 1.57. The minimum atomic E-state index is -0.250. The van der Waals surface area contributed by atoms with Gasteiger partial charge in [-0.25, -0.2) is 9.97 Å². The molecule has 1 amide bonds. The van der Waals surface area contributed by atoms with Gasteiger partial charge in [-0.05, 0) is 17.4 Å². The summed E-state index contributed by atoms with van der Waals surface area (Å²) in [4.78, 5) is 19.4. The summed E-state index contributed by atoms with van der Waals surface area (Å²) in [5, 5.41) is 2.50. The molecule has 88 valence electrons. The fraction of sp³-hybridized carbons (Fsp3) is 0.583. The topological polar surface area (TPSA) is 54.9 Å². The molecular formula is C12H19N3O. The summed E-state index contributed by atoms with van der Waals surface area (Å²) < 4.78 is 0. The lowest BCUT2D eigenvalue weighted by Gasteiger charge is -2.23. The van der Waals surface area contributed by atoms with Gasteiger partial charge in [0.15, 0.2) is 0 Å². The van der Waals surface area contributed by atoms with Crippen LogP contribution in [0.15, 0.2) is 12.4 Å². The van der Waals surface area contributed by atoms with E-state index in [0.717, 1.165) is 18.4 Å². The molecule has 1 N–H and O–H groups in total. The first-order valence-electron chi connectivity index (χ1n) is 5.56. The maximum absolute atomic E-state index is 11.3. The second-order valence-electron chi connectivity index (χ2n) is 4.51. The van der Waals surface area contributed by atoms with Gasteiger partial charge in [-0.2, -0.15) is 0 Å². The molecule has 1 rings (SSSR count). The van der Waals surface area contributed by atoms with Gasteiger partial charge in [-0.1, -0.05) is 27.2 Å². The molecule has 0 aliphatic heterocycles. The van der Waals surface area contributed by atoms with Crippen LogP contribution in [0.4, 0.5) is 0 Å². The number of carbonyl (C=O) groups excluding carboxylic acids is 1. The van der Waals surface area contributed by atoms with Crippen molar-refractivity contribution >= 4 is 5.91 Å². The van der Waals surface area contributed by atoms with Crippen LogP contribution in [0.1, 0.15) is 49.8 Å². The van der Waals surface area contributed by atoms with E-state index >= 15 is 0 Å². The molecule has 1 aromatic heterocycles. The van der Waals surface area contributed by atoms with E-state index < -0.39 is 0 Å². The zero-order valence-electron chi connectivity index (χ0n) is 10.4. The number of hydrogen-bond acceptors (Lipinski definition) is 3. The Kier molecular flexibility index (Phi) is 3.99. The van der Waals surface area contributed by atoms with Gasteiger partial charge in [0.1, 0.15) is 0 Å². The fourth-order valence-electron chi connectivity index (χ4n) is 1.68. The molecule has 0 fully saturated rings. The summed E-state index contributed by atoms with van der Waals surface area (Å²) >= 11 is 0. The van der Waals surface area contributed by atoms with Crippen molar-refractivity contribution in [2.75, 3.05) is 7.05 Å². The van der Waals surface area contributed by atoms with Gasteiger partial charge in [-0.3, -0.25) is 4.79 Å².